The van der Waals surface area contributed by atoms with Crippen LogP contribution >= 0.6 is 0 Å². The van der Waals surface area contributed by atoms with E-state index in [4.69, 9.17) is 10.2 Å². The van der Waals surface area contributed by atoms with E-state index in [0.717, 1.165) is 11.9 Å². The second kappa shape index (κ2) is 13.6. The van der Waals surface area contributed by atoms with Gasteiger partial charge in [-0.15, -0.1) is 0 Å². The Morgan fingerprint density at radius 1 is 0.926 bits per heavy atom. The summed E-state index contributed by atoms with van der Waals surface area (Å²) in [5.74, 6) is -23.1. The molecule has 3 aromatic heterocycles. The van der Waals surface area contributed by atoms with Crippen LogP contribution in [0.1, 0.15) is 28.9 Å². The van der Waals surface area contributed by atoms with Gasteiger partial charge in [0.25, 0.3) is 17.6 Å². The van der Waals surface area contributed by atoms with Crippen molar-refractivity contribution in [2.75, 3.05) is 23.3 Å². The summed E-state index contributed by atoms with van der Waals surface area (Å²) in [5.41, 5.74) is 0.956. The summed E-state index contributed by atoms with van der Waals surface area (Å²) in [4.78, 5) is 41.0. The van der Waals surface area contributed by atoms with E-state index in [1.54, 1.807) is 12.1 Å². The standard InChI is InChI=1S/C31H34N8O15/c40-21-19-23(33-13-34-24(19)39-28(46,47)30(50,51)54-31(52,53)29(39,48)49)37-20(21)15-3-5-16(6-4-15)35-25(42)18-10-14(7-8-32-18)11-38-9-1-2-17(12-38)36-26(43)22(41)27(44)45/h3-8,10,13,17,40-41,44-53H,1-2,9,11-12H2,(H,35,42)(H,36,43)(H,33,34,37). The molecule has 4 aromatic rings. The third-order valence-electron chi connectivity index (χ3n) is 8.70. The zero-order valence-electron chi connectivity index (χ0n) is 27.6. The number of aromatic hydroxyl groups is 1. The molecule has 23 nitrogen and oxygen atoms in total. The minimum absolute atomic E-state index is 0.0756. The number of nitrogens with zero attached hydrogens (tertiary/aromatic N) is 5. The third kappa shape index (κ3) is 6.78. The fourth-order valence-corrected chi connectivity index (χ4v) is 6.05. The van der Waals surface area contributed by atoms with Gasteiger partial charge in [0, 0.05) is 36.6 Å². The number of hydrogen-bond acceptors (Lipinski definition) is 20. The topological polar surface area (TPSA) is 371 Å². The molecule has 6 rings (SSSR count). The molecule has 1 aromatic carbocycles. The lowest BCUT2D eigenvalue weighted by atomic mass is 10.0. The van der Waals surface area contributed by atoms with Crippen LogP contribution in [0.4, 0.5) is 11.5 Å². The van der Waals surface area contributed by atoms with Crippen LogP contribution in [0.15, 0.2) is 60.6 Å². The van der Waals surface area contributed by atoms with E-state index in [1.807, 2.05) is 4.90 Å². The molecule has 0 bridgehead atoms. The fraction of sp³-hybridized carbons (Fsp3) is 0.323. The van der Waals surface area contributed by atoms with Gasteiger partial charge in [-0.1, -0.05) is 12.1 Å². The molecular weight excluding hydrogens is 724 g/mol. The number of piperidine rings is 1. The fourth-order valence-electron chi connectivity index (χ4n) is 6.05. The maximum absolute atomic E-state index is 13.1. The summed E-state index contributed by atoms with van der Waals surface area (Å²) >= 11 is 0. The number of aliphatic hydroxyl groups is 11. The van der Waals surface area contributed by atoms with Crippen molar-refractivity contribution in [3.05, 3.63) is 71.9 Å². The highest BCUT2D eigenvalue weighted by atomic mass is 16.9. The van der Waals surface area contributed by atoms with Gasteiger partial charge in [-0.3, -0.25) is 24.2 Å². The molecule has 15 N–H and O–H groups in total. The number of anilines is 2. The van der Waals surface area contributed by atoms with Crippen LogP contribution in [0.25, 0.3) is 22.3 Å². The molecule has 2 fully saturated rings. The summed E-state index contributed by atoms with van der Waals surface area (Å²) in [7, 11) is 0. The number of nitrogens with one attached hydrogen (secondary N) is 3. The molecule has 2 amide bonds. The van der Waals surface area contributed by atoms with Crippen molar-refractivity contribution >= 4 is 34.4 Å². The first-order valence-electron chi connectivity index (χ1n) is 15.8. The zero-order valence-corrected chi connectivity index (χ0v) is 27.6. The van der Waals surface area contributed by atoms with Gasteiger partial charge in [0.2, 0.25) is 0 Å². The summed E-state index contributed by atoms with van der Waals surface area (Å²) in [6.45, 7) is 1.45. The van der Waals surface area contributed by atoms with Crippen LogP contribution in [0.5, 0.6) is 5.75 Å². The Bertz CT molecular complexity index is 2090. The monoisotopic (exact) mass is 758 g/mol. The first-order valence-corrected chi connectivity index (χ1v) is 15.8. The third-order valence-corrected chi connectivity index (χ3v) is 8.70. The smallest absolute Gasteiger partial charge is 0.362 e. The van der Waals surface area contributed by atoms with Gasteiger partial charge in [-0.2, -0.15) is 0 Å². The van der Waals surface area contributed by atoms with E-state index < -0.39 is 69.1 Å². The van der Waals surface area contributed by atoms with Crippen LogP contribution in [0.2, 0.25) is 0 Å². The van der Waals surface area contributed by atoms with Gasteiger partial charge >= 0.3 is 29.7 Å². The molecule has 2 aliphatic heterocycles. The average molecular weight is 759 g/mol. The number of benzene rings is 1. The van der Waals surface area contributed by atoms with Crippen LogP contribution < -0.4 is 15.5 Å². The second-order valence-electron chi connectivity index (χ2n) is 12.5. The first-order chi connectivity index (χ1) is 25.2. The number of carbonyl (C=O) groups is 2. The van der Waals surface area contributed by atoms with E-state index in [9.17, 15) is 60.7 Å². The van der Waals surface area contributed by atoms with Gasteiger partial charge in [-0.25, -0.2) is 14.9 Å². The van der Waals surface area contributed by atoms with E-state index in [0.29, 0.717) is 38.2 Å². The van der Waals surface area contributed by atoms with Crippen LogP contribution in [-0.2, 0) is 16.1 Å². The normalized spacial score (nSPS) is 20.3. The lowest BCUT2D eigenvalue weighted by Gasteiger charge is -2.55. The summed E-state index contributed by atoms with van der Waals surface area (Å²) in [5, 5.41) is 125. The summed E-state index contributed by atoms with van der Waals surface area (Å²) in [6.07, 6.45) is 3.48. The van der Waals surface area contributed by atoms with Crippen LogP contribution in [0.3, 0.4) is 0 Å². The largest absolute Gasteiger partial charge is 0.505 e. The molecule has 0 aliphatic carbocycles. The summed E-state index contributed by atoms with van der Waals surface area (Å²) < 4.78 is 3.89. The number of aliphatic hydroxyl groups excluding tert-OH is 2. The molecule has 23 heteroatoms. The Labute approximate surface area is 301 Å². The molecule has 0 spiro atoms. The van der Waals surface area contributed by atoms with Gasteiger partial charge in [-0.05, 0) is 49.2 Å². The number of rotatable bonds is 8. The number of carbonyl (C=O) groups excluding carboxylic acids is 2. The highest BCUT2D eigenvalue weighted by Crippen LogP contribution is 2.48. The van der Waals surface area contributed by atoms with Crippen molar-refractivity contribution in [1.29, 1.82) is 0 Å². The molecule has 54 heavy (non-hydrogen) atoms. The van der Waals surface area contributed by atoms with Crippen molar-refractivity contribution in [1.82, 2.24) is 30.2 Å². The Morgan fingerprint density at radius 2 is 1.59 bits per heavy atom. The van der Waals surface area contributed by atoms with Gasteiger partial charge < -0.3 is 76.9 Å². The van der Waals surface area contributed by atoms with Crippen molar-refractivity contribution in [2.24, 2.45) is 0 Å². The van der Waals surface area contributed by atoms with Crippen molar-refractivity contribution in [3.8, 4) is 17.0 Å². The molecule has 288 valence electrons. The maximum Gasteiger partial charge on any atom is 0.362 e. The summed E-state index contributed by atoms with van der Waals surface area (Å²) in [6, 6.07) is 8.72. The Morgan fingerprint density at radius 3 is 2.24 bits per heavy atom. The second-order valence-corrected chi connectivity index (χ2v) is 12.5. The van der Waals surface area contributed by atoms with E-state index in [1.165, 1.54) is 30.5 Å². The number of aromatic amines is 1. The van der Waals surface area contributed by atoms with E-state index in [2.05, 4.69) is 35.3 Å². The van der Waals surface area contributed by atoms with E-state index >= 15 is 0 Å². The molecule has 0 saturated carbocycles. The minimum Gasteiger partial charge on any atom is -0.505 e. The number of ether oxygens (including phenoxy) is 1. The lowest BCUT2D eigenvalue weighted by molar-refractivity contribution is -0.606. The lowest BCUT2D eigenvalue weighted by Crippen LogP contribution is -2.84. The molecule has 1 atom stereocenters. The molecule has 2 aliphatic rings. The van der Waals surface area contributed by atoms with Crippen LogP contribution in [0, 0.1) is 0 Å². The Balaban J connectivity index is 1.17. The minimum atomic E-state index is -4.27. The number of H-pyrrole nitrogens is 1. The van der Waals surface area contributed by atoms with Gasteiger partial charge in [0.05, 0.1) is 5.69 Å². The average Bonchev–Trinajstić information content (AvgIpc) is 3.44. The Hall–Kier alpha value is -5.73. The van der Waals surface area contributed by atoms with Crippen molar-refractivity contribution < 1.29 is 75.6 Å². The number of aromatic nitrogens is 4. The number of fused-ring (bicyclic) bond motifs is 1. The SMILES string of the molecule is O=C(NC1CCCN(Cc2ccnc(C(=O)Nc3ccc(-c4[nH]c5ncnc(N6C(O)(O)C(O)(O)OC(O)(O)C6(O)O)c5c4O)cc3)c2)C1)C(O)=C(O)O. The Kier molecular flexibility index (Phi) is 9.57. The first kappa shape index (κ1) is 38.0. The highest BCUT2D eigenvalue weighted by molar-refractivity contribution is 6.03. The number of likely N-dealkylation sites (tertiary alicyclic amines) is 1. The number of amides is 2. The molecular formula is C31H34N8O15. The number of hydrogen-bond donors (Lipinski definition) is 15. The predicted octanol–water partition coefficient (Wildman–Crippen LogP) is -2.71. The molecule has 1 unspecified atom stereocenters. The zero-order chi connectivity index (χ0) is 39.4. The number of pyridine rings is 1. The molecule has 5 heterocycles. The quantitative estimate of drug-likeness (QED) is 0.0493. The predicted molar refractivity (Wildman–Crippen MR) is 177 cm³/mol. The number of morpholine rings is 1. The highest BCUT2D eigenvalue weighted by Gasteiger charge is 2.75. The van der Waals surface area contributed by atoms with Gasteiger partial charge in [0.1, 0.15) is 23.1 Å². The van der Waals surface area contributed by atoms with Crippen molar-refractivity contribution in [3.63, 3.8) is 0 Å². The molecule has 2 saturated heterocycles. The van der Waals surface area contributed by atoms with Crippen LogP contribution in [-0.4, -0.2) is 141 Å². The maximum atomic E-state index is 13.1. The van der Waals surface area contributed by atoms with E-state index in [-0.39, 0.29) is 28.6 Å². The molecule has 0 radical (unpaired) electrons. The van der Waals surface area contributed by atoms with Gasteiger partial charge in [0.15, 0.2) is 11.6 Å². The van der Waals surface area contributed by atoms with Crippen molar-refractivity contribution in [2.45, 2.75) is 49.2 Å².